The van der Waals surface area contributed by atoms with Gasteiger partial charge in [0.2, 0.25) is 11.8 Å². The molecule has 1 atom stereocenters. The van der Waals surface area contributed by atoms with Crippen LogP contribution >= 0.6 is 0 Å². The minimum absolute atomic E-state index is 0.117. The third kappa shape index (κ3) is 2.04. The topological polar surface area (TPSA) is 75.4 Å². The molecule has 0 saturated carbocycles. The summed E-state index contributed by atoms with van der Waals surface area (Å²) in [5.41, 5.74) is 4.78. The molecule has 14 heavy (non-hydrogen) atoms. The van der Waals surface area contributed by atoms with Crippen molar-refractivity contribution in [2.24, 2.45) is 5.73 Å². The maximum absolute atomic E-state index is 11.8. The fourth-order valence-corrected chi connectivity index (χ4v) is 1.43. The summed E-state index contributed by atoms with van der Waals surface area (Å²) < 4.78 is 0. The van der Waals surface area contributed by atoms with Gasteiger partial charge in [-0.2, -0.15) is 0 Å². The summed E-state index contributed by atoms with van der Waals surface area (Å²) in [5, 5.41) is 2.69. The number of hydrogen-bond donors (Lipinski definition) is 2. The second-order valence-electron chi connectivity index (χ2n) is 4.19. The van der Waals surface area contributed by atoms with E-state index in [1.807, 2.05) is 0 Å². The van der Waals surface area contributed by atoms with Crippen molar-refractivity contribution in [2.45, 2.75) is 32.4 Å². The lowest BCUT2D eigenvalue weighted by molar-refractivity contribution is -0.145. The van der Waals surface area contributed by atoms with Crippen LogP contribution in [-0.4, -0.2) is 41.4 Å². The lowest BCUT2D eigenvalue weighted by atomic mass is 10.0. The number of nitrogens with one attached hydrogen (secondary N) is 1. The molecule has 0 spiro atoms. The Bertz CT molecular complexity index is 257. The van der Waals surface area contributed by atoms with E-state index in [-0.39, 0.29) is 11.8 Å². The molecule has 0 aromatic heterocycles. The summed E-state index contributed by atoms with van der Waals surface area (Å²) >= 11 is 0. The zero-order chi connectivity index (χ0) is 10.9. The lowest BCUT2D eigenvalue weighted by Gasteiger charge is -2.36. The monoisotopic (exact) mass is 199 g/mol. The highest BCUT2D eigenvalue weighted by Crippen LogP contribution is 2.10. The molecule has 0 bridgehead atoms. The third-order valence-electron chi connectivity index (χ3n) is 2.31. The van der Waals surface area contributed by atoms with Gasteiger partial charge in [-0.05, 0) is 20.8 Å². The van der Waals surface area contributed by atoms with E-state index in [0.29, 0.717) is 13.1 Å². The normalized spacial score (nSPS) is 23.3. The largest absolute Gasteiger partial charge is 0.353 e. The van der Waals surface area contributed by atoms with E-state index in [4.69, 9.17) is 5.73 Å². The van der Waals surface area contributed by atoms with Crippen LogP contribution in [0.2, 0.25) is 0 Å². The van der Waals surface area contributed by atoms with Gasteiger partial charge in [-0.25, -0.2) is 0 Å². The van der Waals surface area contributed by atoms with E-state index in [2.05, 4.69) is 5.32 Å². The molecule has 0 radical (unpaired) electrons. The van der Waals surface area contributed by atoms with Crippen LogP contribution in [0.1, 0.15) is 20.8 Å². The molecule has 0 aromatic rings. The second-order valence-corrected chi connectivity index (χ2v) is 4.19. The summed E-state index contributed by atoms with van der Waals surface area (Å²) in [7, 11) is 0. The summed E-state index contributed by atoms with van der Waals surface area (Å²) in [5.74, 6) is -0.297. The van der Waals surface area contributed by atoms with Crippen molar-refractivity contribution in [2.75, 3.05) is 13.1 Å². The first-order valence-corrected chi connectivity index (χ1v) is 4.71. The van der Waals surface area contributed by atoms with Gasteiger partial charge in [0.25, 0.3) is 0 Å². The van der Waals surface area contributed by atoms with Gasteiger partial charge in [0.15, 0.2) is 0 Å². The second kappa shape index (κ2) is 3.57. The molecule has 1 fully saturated rings. The van der Waals surface area contributed by atoms with Crippen molar-refractivity contribution in [1.82, 2.24) is 10.2 Å². The SMILES string of the molecule is CC1C(=O)NCCN1C(=O)C(C)(C)N. The molecular weight excluding hydrogens is 182 g/mol. The highest BCUT2D eigenvalue weighted by atomic mass is 16.2. The number of hydrogen-bond acceptors (Lipinski definition) is 3. The van der Waals surface area contributed by atoms with Gasteiger partial charge in [-0.1, -0.05) is 0 Å². The molecule has 2 amide bonds. The van der Waals surface area contributed by atoms with Crippen LogP contribution in [-0.2, 0) is 9.59 Å². The lowest BCUT2D eigenvalue weighted by Crippen LogP contribution is -2.61. The van der Waals surface area contributed by atoms with Crippen molar-refractivity contribution in [3.8, 4) is 0 Å². The van der Waals surface area contributed by atoms with Crippen molar-refractivity contribution < 1.29 is 9.59 Å². The standard InChI is InChI=1S/C9H17N3O2/c1-6-7(13)11-4-5-12(6)8(14)9(2,3)10/h6H,4-5,10H2,1-3H3,(H,11,13). The Morgan fingerprint density at radius 2 is 2.21 bits per heavy atom. The van der Waals surface area contributed by atoms with E-state index in [1.54, 1.807) is 20.8 Å². The molecule has 1 aliphatic rings. The molecule has 1 saturated heterocycles. The molecule has 1 aliphatic heterocycles. The van der Waals surface area contributed by atoms with Crippen molar-refractivity contribution >= 4 is 11.8 Å². The molecule has 5 heteroatoms. The Morgan fingerprint density at radius 3 is 2.71 bits per heavy atom. The van der Waals surface area contributed by atoms with Gasteiger partial charge in [0, 0.05) is 13.1 Å². The van der Waals surface area contributed by atoms with E-state index < -0.39 is 11.6 Å². The summed E-state index contributed by atoms with van der Waals surface area (Å²) in [6.45, 7) is 6.04. The number of amides is 2. The van der Waals surface area contributed by atoms with Gasteiger partial charge in [-0.15, -0.1) is 0 Å². The average Bonchev–Trinajstić information content (AvgIpc) is 2.07. The number of piperazine rings is 1. The van der Waals surface area contributed by atoms with Gasteiger partial charge in [0.1, 0.15) is 6.04 Å². The molecule has 80 valence electrons. The van der Waals surface area contributed by atoms with Crippen LogP contribution < -0.4 is 11.1 Å². The first-order chi connectivity index (χ1) is 6.34. The van der Waals surface area contributed by atoms with Crippen LogP contribution in [0.15, 0.2) is 0 Å². The predicted molar refractivity (Wildman–Crippen MR) is 52.5 cm³/mol. The molecule has 1 rings (SSSR count). The number of nitrogens with zero attached hydrogens (tertiary/aromatic N) is 1. The van der Waals surface area contributed by atoms with E-state index in [1.165, 1.54) is 4.90 Å². The molecule has 5 nitrogen and oxygen atoms in total. The average molecular weight is 199 g/mol. The summed E-state index contributed by atoms with van der Waals surface area (Å²) in [6.07, 6.45) is 0. The van der Waals surface area contributed by atoms with Crippen LogP contribution in [0.5, 0.6) is 0 Å². The van der Waals surface area contributed by atoms with Gasteiger partial charge in [-0.3, -0.25) is 9.59 Å². The first-order valence-electron chi connectivity index (χ1n) is 4.71. The van der Waals surface area contributed by atoms with Crippen molar-refractivity contribution in [3.05, 3.63) is 0 Å². The zero-order valence-corrected chi connectivity index (χ0v) is 8.83. The number of carbonyl (C=O) groups excluding carboxylic acids is 2. The van der Waals surface area contributed by atoms with Crippen molar-refractivity contribution in [3.63, 3.8) is 0 Å². The van der Waals surface area contributed by atoms with Crippen LogP contribution in [0.4, 0.5) is 0 Å². The molecule has 3 N–H and O–H groups in total. The minimum atomic E-state index is -0.911. The van der Waals surface area contributed by atoms with Crippen LogP contribution in [0.25, 0.3) is 0 Å². The maximum Gasteiger partial charge on any atom is 0.242 e. The summed E-state index contributed by atoms with van der Waals surface area (Å²) in [6, 6.07) is -0.418. The van der Waals surface area contributed by atoms with Crippen LogP contribution in [0, 0.1) is 0 Å². The number of carbonyl (C=O) groups is 2. The summed E-state index contributed by atoms with van der Waals surface area (Å²) in [4.78, 5) is 24.6. The first kappa shape index (κ1) is 11.0. The van der Waals surface area contributed by atoms with Gasteiger partial charge >= 0.3 is 0 Å². The Morgan fingerprint density at radius 1 is 1.64 bits per heavy atom. The molecule has 1 heterocycles. The third-order valence-corrected chi connectivity index (χ3v) is 2.31. The zero-order valence-electron chi connectivity index (χ0n) is 8.83. The Hall–Kier alpha value is -1.10. The fraction of sp³-hybridized carbons (Fsp3) is 0.778. The van der Waals surface area contributed by atoms with E-state index in [0.717, 1.165) is 0 Å². The highest BCUT2D eigenvalue weighted by molar-refractivity contribution is 5.92. The predicted octanol–water partition coefficient (Wildman–Crippen LogP) is -0.929. The Balaban J connectivity index is 2.77. The molecular formula is C9H17N3O2. The number of rotatable bonds is 1. The van der Waals surface area contributed by atoms with Gasteiger partial charge in [0.05, 0.1) is 5.54 Å². The smallest absolute Gasteiger partial charge is 0.242 e. The van der Waals surface area contributed by atoms with Crippen molar-refractivity contribution in [1.29, 1.82) is 0 Å². The van der Waals surface area contributed by atoms with E-state index in [9.17, 15) is 9.59 Å². The van der Waals surface area contributed by atoms with E-state index >= 15 is 0 Å². The van der Waals surface area contributed by atoms with Gasteiger partial charge < -0.3 is 16.0 Å². The fourth-order valence-electron chi connectivity index (χ4n) is 1.43. The minimum Gasteiger partial charge on any atom is -0.353 e. The number of nitrogens with two attached hydrogens (primary N) is 1. The molecule has 0 aromatic carbocycles. The molecule has 1 unspecified atom stereocenters. The Labute approximate surface area is 83.6 Å². The highest BCUT2D eigenvalue weighted by Gasteiger charge is 2.35. The maximum atomic E-state index is 11.8. The van der Waals surface area contributed by atoms with Crippen LogP contribution in [0.3, 0.4) is 0 Å². The Kier molecular flexibility index (Phi) is 2.80. The quantitative estimate of drug-likeness (QED) is 0.573. The molecule has 0 aliphatic carbocycles.